The molecule has 4 rings (SSSR count). The van der Waals surface area contributed by atoms with Crippen molar-refractivity contribution in [3.05, 3.63) is 12.3 Å². The van der Waals surface area contributed by atoms with Crippen molar-refractivity contribution in [2.75, 3.05) is 0 Å². The minimum atomic E-state index is 0.387. The second-order valence-corrected chi connectivity index (χ2v) is 9.71. The molecule has 134 valence electrons. The molecule has 4 fully saturated rings. The van der Waals surface area contributed by atoms with E-state index < -0.39 is 0 Å². The Hall–Kier alpha value is -0.790. The summed E-state index contributed by atoms with van der Waals surface area (Å²) in [6.07, 6.45) is 12.9. The molecule has 2 heteroatoms. The van der Waals surface area contributed by atoms with E-state index in [9.17, 15) is 0 Å². The maximum Gasteiger partial charge on any atom is 0.131 e. The standard InChI is InChI=1S/C22H35NO/c1-14-5-7-17-16(13-14)6-8-19-18(17)11-12-22(3)20(9-10-21(19)22)15(2)24-23-4/h14,16-21H,2,4-13H2,1,3H3. The zero-order valence-electron chi connectivity index (χ0n) is 15.7. The number of nitrogens with zero attached hydrogens (tertiary/aromatic N) is 1. The van der Waals surface area contributed by atoms with Crippen LogP contribution in [0.1, 0.15) is 71.6 Å². The van der Waals surface area contributed by atoms with Crippen molar-refractivity contribution >= 4 is 6.72 Å². The number of hydrogen-bond donors (Lipinski definition) is 0. The summed E-state index contributed by atoms with van der Waals surface area (Å²) in [6, 6.07) is 0. The molecule has 4 saturated carbocycles. The summed E-state index contributed by atoms with van der Waals surface area (Å²) in [6.45, 7) is 12.7. The maximum atomic E-state index is 5.39. The molecule has 2 nitrogen and oxygen atoms in total. The van der Waals surface area contributed by atoms with E-state index in [0.717, 1.165) is 41.3 Å². The number of rotatable bonds is 3. The minimum absolute atomic E-state index is 0.387. The highest BCUT2D eigenvalue weighted by atomic mass is 16.6. The first kappa shape index (κ1) is 16.7. The van der Waals surface area contributed by atoms with Crippen LogP contribution in [0, 0.1) is 46.8 Å². The van der Waals surface area contributed by atoms with E-state index >= 15 is 0 Å². The van der Waals surface area contributed by atoms with Gasteiger partial charge in [0.1, 0.15) is 5.76 Å². The molecule has 0 amide bonds. The molecule has 8 unspecified atom stereocenters. The molecule has 0 aromatic heterocycles. The zero-order chi connectivity index (χ0) is 16.9. The van der Waals surface area contributed by atoms with Crippen LogP contribution in [0.25, 0.3) is 0 Å². The molecule has 0 saturated heterocycles. The van der Waals surface area contributed by atoms with Crippen LogP contribution in [0.4, 0.5) is 0 Å². The average Bonchev–Trinajstić information content (AvgIpc) is 2.92. The SMILES string of the molecule is C=NOC(=C)C1CCC2C3CCC4CC(C)CCC4C3CCC12C. The number of allylic oxidation sites excluding steroid dienone is 1. The van der Waals surface area contributed by atoms with Crippen LogP contribution in [-0.4, -0.2) is 6.72 Å². The molecule has 4 aliphatic rings. The Kier molecular flexibility index (Phi) is 4.29. The predicted molar refractivity (Wildman–Crippen MR) is 99.5 cm³/mol. The molecule has 0 N–H and O–H groups in total. The summed E-state index contributed by atoms with van der Waals surface area (Å²) in [7, 11) is 0. The Morgan fingerprint density at radius 1 is 1.00 bits per heavy atom. The second-order valence-electron chi connectivity index (χ2n) is 9.71. The minimum Gasteiger partial charge on any atom is -0.362 e. The summed E-state index contributed by atoms with van der Waals surface area (Å²) in [5, 5.41) is 3.64. The maximum absolute atomic E-state index is 5.39. The molecule has 0 aromatic rings. The lowest BCUT2D eigenvalue weighted by Gasteiger charge is -2.56. The van der Waals surface area contributed by atoms with E-state index in [4.69, 9.17) is 4.84 Å². The Labute approximate surface area is 148 Å². The van der Waals surface area contributed by atoms with Gasteiger partial charge < -0.3 is 4.84 Å². The van der Waals surface area contributed by atoms with Gasteiger partial charge in [0.05, 0.1) is 0 Å². The lowest BCUT2D eigenvalue weighted by molar-refractivity contribution is -0.0680. The number of oxime groups is 1. The largest absolute Gasteiger partial charge is 0.362 e. The van der Waals surface area contributed by atoms with Crippen molar-refractivity contribution in [3.63, 3.8) is 0 Å². The topological polar surface area (TPSA) is 21.6 Å². The fraction of sp³-hybridized carbons (Fsp3) is 0.864. The second kappa shape index (κ2) is 6.18. The van der Waals surface area contributed by atoms with Crippen molar-refractivity contribution in [2.45, 2.75) is 71.6 Å². The first-order valence-corrected chi connectivity index (χ1v) is 10.4. The Morgan fingerprint density at radius 2 is 1.79 bits per heavy atom. The van der Waals surface area contributed by atoms with Gasteiger partial charge in [-0.05, 0) is 92.3 Å². The van der Waals surface area contributed by atoms with Gasteiger partial charge in [-0.2, -0.15) is 0 Å². The summed E-state index contributed by atoms with van der Waals surface area (Å²) in [5.41, 5.74) is 0.387. The van der Waals surface area contributed by atoms with Crippen molar-refractivity contribution < 1.29 is 4.84 Å². The molecule has 0 aromatic carbocycles. The van der Waals surface area contributed by atoms with Crippen LogP contribution in [-0.2, 0) is 4.84 Å². The van der Waals surface area contributed by atoms with E-state index in [-0.39, 0.29) is 0 Å². The zero-order valence-corrected chi connectivity index (χ0v) is 15.7. The summed E-state index contributed by atoms with van der Waals surface area (Å²) < 4.78 is 0. The van der Waals surface area contributed by atoms with Crippen molar-refractivity contribution in [1.82, 2.24) is 0 Å². The lowest BCUT2D eigenvalue weighted by atomic mass is 9.49. The molecule has 8 atom stereocenters. The fourth-order valence-electron chi connectivity index (χ4n) is 7.76. The molecule has 24 heavy (non-hydrogen) atoms. The van der Waals surface area contributed by atoms with E-state index in [2.05, 4.69) is 32.3 Å². The van der Waals surface area contributed by atoms with Crippen LogP contribution in [0.2, 0.25) is 0 Å². The van der Waals surface area contributed by atoms with Gasteiger partial charge in [-0.1, -0.05) is 32.0 Å². The third-order valence-electron chi connectivity index (χ3n) is 8.79. The number of hydrogen-bond acceptors (Lipinski definition) is 2. The third-order valence-corrected chi connectivity index (χ3v) is 8.79. The lowest BCUT2D eigenvalue weighted by Crippen LogP contribution is -2.48. The monoisotopic (exact) mass is 329 g/mol. The van der Waals surface area contributed by atoms with E-state index in [1.165, 1.54) is 57.8 Å². The van der Waals surface area contributed by atoms with Gasteiger partial charge in [0, 0.05) is 12.6 Å². The van der Waals surface area contributed by atoms with Gasteiger partial charge in [-0.3, -0.25) is 0 Å². The van der Waals surface area contributed by atoms with Gasteiger partial charge in [0.25, 0.3) is 0 Å². The van der Waals surface area contributed by atoms with Gasteiger partial charge in [0.2, 0.25) is 0 Å². The first-order chi connectivity index (χ1) is 11.5. The van der Waals surface area contributed by atoms with Crippen LogP contribution < -0.4 is 0 Å². The van der Waals surface area contributed by atoms with Crippen LogP contribution in [0.3, 0.4) is 0 Å². The van der Waals surface area contributed by atoms with Crippen LogP contribution in [0.5, 0.6) is 0 Å². The quantitative estimate of drug-likeness (QED) is 0.351. The van der Waals surface area contributed by atoms with Gasteiger partial charge in [-0.15, -0.1) is 0 Å². The van der Waals surface area contributed by atoms with Gasteiger partial charge in [-0.25, -0.2) is 0 Å². The highest BCUT2D eigenvalue weighted by Crippen LogP contribution is 2.65. The Morgan fingerprint density at radius 3 is 2.58 bits per heavy atom. The molecule has 0 aliphatic heterocycles. The summed E-state index contributed by atoms with van der Waals surface area (Å²) in [4.78, 5) is 5.39. The summed E-state index contributed by atoms with van der Waals surface area (Å²) in [5.74, 6) is 7.27. The smallest absolute Gasteiger partial charge is 0.131 e. The fourth-order valence-corrected chi connectivity index (χ4v) is 7.76. The first-order valence-electron chi connectivity index (χ1n) is 10.4. The normalized spacial score (nSPS) is 50.3. The van der Waals surface area contributed by atoms with E-state index in [1.54, 1.807) is 0 Å². The third kappa shape index (κ3) is 2.47. The van der Waals surface area contributed by atoms with Crippen molar-refractivity contribution in [2.24, 2.45) is 52.0 Å². The molecule has 0 spiro atoms. The molecule has 0 heterocycles. The molecule has 4 aliphatic carbocycles. The predicted octanol–water partition coefficient (Wildman–Crippen LogP) is 6.04. The molecule has 0 radical (unpaired) electrons. The molecular weight excluding hydrogens is 294 g/mol. The van der Waals surface area contributed by atoms with Crippen LogP contribution >= 0.6 is 0 Å². The molecular formula is C22H35NO. The molecule has 0 bridgehead atoms. The van der Waals surface area contributed by atoms with Crippen molar-refractivity contribution in [3.8, 4) is 0 Å². The van der Waals surface area contributed by atoms with E-state index in [1.807, 2.05) is 0 Å². The van der Waals surface area contributed by atoms with Gasteiger partial charge >= 0.3 is 0 Å². The Balaban J connectivity index is 1.53. The summed E-state index contributed by atoms with van der Waals surface area (Å²) >= 11 is 0. The van der Waals surface area contributed by atoms with Crippen molar-refractivity contribution in [1.29, 1.82) is 0 Å². The van der Waals surface area contributed by atoms with E-state index in [0.29, 0.717) is 11.3 Å². The van der Waals surface area contributed by atoms with Gasteiger partial charge in [0.15, 0.2) is 0 Å². The van der Waals surface area contributed by atoms with Crippen LogP contribution in [0.15, 0.2) is 17.5 Å². The highest BCUT2D eigenvalue weighted by Gasteiger charge is 2.57. The highest BCUT2D eigenvalue weighted by molar-refractivity contribution is 5.22. The Bertz CT molecular complexity index is 514. The average molecular weight is 330 g/mol. The number of fused-ring (bicyclic) bond motifs is 5.